The Bertz CT molecular complexity index is 909. The lowest BCUT2D eigenvalue weighted by Crippen LogP contribution is -2.19. The standard InChI is InChI=1S/C14H9ClN4O4/c15-8-2-1-3-9(6-8)16-13(20)18-14-17-11-5-4-10(19(21)22)7-12(11)23-14/h1-7H,(H2,16,17,18,20). The van der Waals surface area contributed by atoms with Crippen LogP contribution in [0.4, 0.5) is 22.2 Å². The molecular formula is C14H9ClN4O4. The zero-order chi connectivity index (χ0) is 16.4. The van der Waals surface area contributed by atoms with E-state index in [0.717, 1.165) is 0 Å². The van der Waals surface area contributed by atoms with Crippen LogP contribution in [-0.4, -0.2) is 15.9 Å². The van der Waals surface area contributed by atoms with Crippen LogP contribution in [0.1, 0.15) is 0 Å². The van der Waals surface area contributed by atoms with Crippen LogP contribution in [0.25, 0.3) is 11.1 Å². The molecule has 8 nitrogen and oxygen atoms in total. The molecule has 0 aliphatic carbocycles. The SMILES string of the molecule is O=C(Nc1cccc(Cl)c1)Nc1nc2ccc([N+](=O)[O-])cc2o1. The first-order valence-electron chi connectivity index (χ1n) is 6.40. The van der Waals surface area contributed by atoms with Gasteiger partial charge in [0.15, 0.2) is 5.58 Å². The van der Waals surface area contributed by atoms with Gasteiger partial charge in [0, 0.05) is 16.8 Å². The van der Waals surface area contributed by atoms with E-state index in [1.165, 1.54) is 18.2 Å². The van der Waals surface area contributed by atoms with Gasteiger partial charge < -0.3 is 9.73 Å². The molecule has 0 aliphatic rings. The average molecular weight is 333 g/mol. The van der Waals surface area contributed by atoms with Gasteiger partial charge >= 0.3 is 12.0 Å². The third kappa shape index (κ3) is 3.38. The van der Waals surface area contributed by atoms with Crippen molar-refractivity contribution in [3.05, 3.63) is 57.6 Å². The Kier molecular flexibility index (Phi) is 3.82. The predicted molar refractivity (Wildman–Crippen MR) is 84.8 cm³/mol. The minimum Gasteiger partial charge on any atom is -0.423 e. The van der Waals surface area contributed by atoms with Crippen molar-refractivity contribution in [2.24, 2.45) is 0 Å². The molecule has 2 aromatic carbocycles. The van der Waals surface area contributed by atoms with Gasteiger partial charge in [-0.15, -0.1) is 0 Å². The number of nitrogens with one attached hydrogen (secondary N) is 2. The van der Waals surface area contributed by atoms with Gasteiger partial charge in [-0.05, 0) is 24.3 Å². The lowest BCUT2D eigenvalue weighted by atomic mass is 10.3. The largest absolute Gasteiger partial charge is 0.423 e. The molecule has 0 spiro atoms. The van der Waals surface area contributed by atoms with Gasteiger partial charge in [0.1, 0.15) is 5.52 Å². The third-order valence-corrected chi connectivity index (χ3v) is 3.12. The second-order valence-corrected chi connectivity index (χ2v) is 4.95. The number of hydrogen-bond acceptors (Lipinski definition) is 5. The maximum absolute atomic E-state index is 11.9. The summed E-state index contributed by atoms with van der Waals surface area (Å²) >= 11 is 5.82. The van der Waals surface area contributed by atoms with Crippen LogP contribution in [0.3, 0.4) is 0 Å². The number of aromatic nitrogens is 1. The van der Waals surface area contributed by atoms with Crippen LogP contribution in [0.2, 0.25) is 5.02 Å². The Morgan fingerprint density at radius 1 is 1.22 bits per heavy atom. The second kappa shape index (κ2) is 5.93. The monoisotopic (exact) mass is 332 g/mol. The molecule has 0 atom stereocenters. The fourth-order valence-electron chi connectivity index (χ4n) is 1.91. The zero-order valence-corrected chi connectivity index (χ0v) is 12.2. The van der Waals surface area contributed by atoms with Crippen molar-refractivity contribution in [2.45, 2.75) is 0 Å². The number of hydrogen-bond donors (Lipinski definition) is 2. The van der Waals surface area contributed by atoms with Crippen molar-refractivity contribution < 1.29 is 14.1 Å². The van der Waals surface area contributed by atoms with Gasteiger partial charge in [-0.3, -0.25) is 15.4 Å². The summed E-state index contributed by atoms with van der Waals surface area (Å²) in [5.41, 5.74) is 0.983. The summed E-state index contributed by atoms with van der Waals surface area (Å²) in [4.78, 5) is 26.1. The average Bonchev–Trinajstić information content (AvgIpc) is 2.87. The topological polar surface area (TPSA) is 110 Å². The van der Waals surface area contributed by atoms with Gasteiger partial charge in [0.05, 0.1) is 11.0 Å². The number of benzene rings is 2. The molecule has 0 aliphatic heterocycles. The predicted octanol–water partition coefficient (Wildman–Crippen LogP) is 4.03. The van der Waals surface area contributed by atoms with E-state index in [1.54, 1.807) is 24.3 Å². The van der Waals surface area contributed by atoms with Gasteiger partial charge in [-0.1, -0.05) is 17.7 Å². The Balaban J connectivity index is 1.75. The molecule has 2 N–H and O–H groups in total. The van der Waals surface area contributed by atoms with Crippen LogP contribution in [0.5, 0.6) is 0 Å². The molecule has 1 aromatic heterocycles. The number of amides is 2. The van der Waals surface area contributed by atoms with Gasteiger partial charge in [-0.2, -0.15) is 4.98 Å². The molecular weight excluding hydrogens is 324 g/mol. The zero-order valence-electron chi connectivity index (χ0n) is 11.4. The number of non-ortho nitro benzene ring substituents is 1. The molecule has 2 amide bonds. The highest BCUT2D eigenvalue weighted by Gasteiger charge is 2.13. The molecule has 3 aromatic rings. The van der Waals surface area contributed by atoms with E-state index in [0.29, 0.717) is 16.2 Å². The summed E-state index contributed by atoms with van der Waals surface area (Å²) in [6, 6.07) is 9.96. The maximum Gasteiger partial charge on any atom is 0.327 e. The molecule has 0 saturated heterocycles. The van der Waals surface area contributed by atoms with Crippen molar-refractivity contribution >= 4 is 46.1 Å². The fraction of sp³-hybridized carbons (Fsp3) is 0. The molecule has 0 unspecified atom stereocenters. The van der Waals surface area contributed by atoms with Crippen LogP contribution in [-0.2, 0) is 0 Å². The molecule has 1 heterocycles. The fourth-order valence-corrected chi connectivity index (χ4v) is 2.10. The van der Waals surface area contributed by atoms with Crippen molar-refractivity contribution in [2.75, 3.05) is 10.6 Å². The maximum atomic E-state index is 11.9. The number of halogens is 1. The van der Waals surface area contributed by atoms with Crippen LogP contribution >= 0.6 is 11.6 Å². The Labute approximate surface area is 134 Å². The molecule has 23 heavy (non-hydrogen) atoms. The smallest absolute Gasteiger partial charge is 0.327 e. The number of nitro benzene ring substituents is 1. The summed E-state index contributed by atoms with van der Waals surface area (Å²) < 4.78 is 5.28. The van der Waals surface area contributed by atoms with Crippen molar-refractivity contribution in [3.63, 3.8) is 0 Å². The minimum atomic E-state index is -0.576. The number of anilines is 2. The quantitative estimate of drug-likeness (QED) is 0.555. The van der Waals surface area contributed by atoms with E-state index in [4.69, 9.17) is 16.0 Å². The Morgan fingerprint density at radius 2 is 2.04 bits per heavy atom. The second-order valence-electron chi connectivity index (χ2n) is 4.52. The lowest BCUT2D eigenvalue weighted by molar-refractivity contribution is -0.384. The number of rotatable bonds is 3. The highest BCUT2D eigenvalue weighted by Crippen LogP contribution is 2.23. The highest BCUT2D eigenvalue weighted by atomic mass is 35.5. The number of fused-ring (bicyclic) bond motifs is 1. The van der Waals surface area contributed by atoms with E-state index in [-0.39, 0.29) is 17.3 Å². The summed E-state index contributed by atoms with van der Waals surface area (Å²) in [6.07, 6.45) is 0. The first kappa shape index (κ1) is 14.8. The number of oxazole rings is 1. The minimum absolute atomic E-state index is 0.0694. The normalized spacial score (nSPS) is 10.5. The van der Waals surface area contributed by atoms with Crippen molar-refractivity contribution in [1.29, 1.82) is 0 Å². The summed E-state index contributed by atoms with van der Waals surface area (Å²) in [5, 5.41) is 16.2. The van der Waals surface area contributed by atoms with Crippen LogP contribution in [0, 0.1) is 10.1 Å². The lowest BCUT2D eigenvalue weighted by Gasteiger charge is -2.04. The van der Waals surface area contributed by atoms with E-state index >= 15 is 0 Å². The molecule has 0 bridgehead atoms. The van der Waals surface area contributed by atoms with Gasteiger partial charge in [0.2, 0.25) is 0 Å². The summed E-state index contributed by atoms with van der Waals surface area (Å²) in [7, 11) is 0. The first-order valence-corrected chi connectivity index (χ1v) is 6.77. The molecule has 0 saturated carbocycles. The van der Waals surface area contributed by atoms with E-state index in [9.17, 15) is 14.9 Å². The number of urea groups is 1. The molecule has 116 valence electrons. The highest BCUT2D eigenvalue weighted by molar-refractivity contribution is 6.30. The molecule has 0 fully saturated rings. The number of nitrogens with zero attached hydrogens (tertiary/aromatic N) is 2. The molecule has 3 rings (SSSR count). The summed E-state index contributed by atoms with van der Waals surface area (Å²) in [6.45, 7) is 0. The number of nitro groups is 1. The van der Waals surface area contributed by atoms with Crippen molar-refractivity contribution in [3.8, 4) is 0 Å². The first-order chi connectivity index (χ1) is 11.0. The van der Waals surface area contributed by atoms with Gasteiger partial charge in [0.25, 0.3) is 5.69 Å². The third-order valence-electron chi connectivity index (χ3n) is 2.89. The Morgan fingerprint density at radius 3 is 2.78 bits per heavy atom. The number of carbonyl (C=O) groups excluding carboxylic acids is 1. The molecule has 9 heteroatoms. The Hall–Kier alpha value is -3.13. The van der Waals surface area contributed by atoms with Crippen LogP contribution < -0.4 is 10.6 Å². The van der Waals surface area contributed by atoms with E-state index in [2.05, 4.69) is 15.6 Å². The molecule has 0 radical (unpaired) electrons. The van der Waals surface area contributed by atoms with Crippen molar-refractivity contribution in [1.82, 2.24) is 4.98 Å². The summed E-state index contributed by atoms with van der Waals surface area (Å²) in [5.74, 6) is 0. The number of carbonyl (C=O) groups is 1. The van der Waals surface area contributed by atoms with Crippen LogP contribution in [0.15, 0.2) is 46.9 Å². The van der Waals surface area contributed by atoms with E-state index in [1.807, 2.05) is 0 Å². The van der Waals surface area contributed by atoms with E-state index < -0.39 is 11.0 Å². The van der Waals surface area contributed by atoms with Gasteiger partial charge in [-0.25, -0.2) is 4.79 Å².